The fraction of sp³-hybridized carbons (Fsp3) is 0.667. The highest BCUT2D eigenvalue weighted by Gasteiger charge is 2.03. The lowest BCUT2D eigenvalue weighted by atomic mass is 10.5. The molecule has 0 atom stereocenters. The number of halogens is 1. The van der Waals surface area contributed by atoms with Crippen molar-refractivity contribution in [3.05, 3.63) is 0 Å². The van der Waals surface area contributed by atoms with Gasteiger partial charge in [0.2, 0.25) is 0 Å². The molecule has 0 heterocycles. The Balaban J connectivity index is 3.67. The second-order valence-corrected chi connectivity index (χ2v) is 4.32. The minimum Gasteiger partial charge on any atom is -0.299 e. The Kier molecular flexibility index (Phi) is 3.59. The predicted molar refractivity (Wildman–Crippen MR) is 42.8 cm³/mol. The zero-order valence-corrected chi connectivity index (χ0v) is 7.44. The normalized spacial score (nSPS) is 11.3. The Bertz CT molecular complexity index is 197. The first-order chi connectivity index (χ1) is 3.92. The molecular formula is C3H6INO3S. The van der Waals surface area contributed by atoms with Gasteiger partial charge in [-0.2, -0.15) is 8.42 Å². The van der Waals surface area contributed by atoms with Gasteiger partial charge in [-0.1, -0.05) is 0 Å². The van der Waals surface area contributed by atoms with E-state index in [4.69, 9.17) is 9.96 Å². The van der Waals surface area contributed by atoms with E-state index in [0.29, 0.717) is 0 Å². The van der Waals surface area contributed by atoms with E-state index in [1.807, 2.05) is 0 Å². The van der Waals surface area contributed by atoms with E-state index >= 15 is 0 Å². The molecule has 0 aliphatic heterocycles. The van der Waals surface area contributed by atoms with E-state index in [1.54, 1.807) is 22.6 Å². The van der Waals surface area contributed by atoms with Gasteiger partial charge in [0.1, 0.15) is 0 Å². The maximum absolute atomic E-state index is 9.99. The van der Waals surface area contributed by atoms with Gasteiger partial charge in [0.05, 0.1) is 9.47 Å². The van der Waals surface area contributed by atoms with E-state index in [2.05, 4.69) is 0 Å². The molecule has 4 nitrogen and oxygen atoms in total. The summed E-state index contributed by atoms with van der Waals surface area (Å²) in [4.78, 5) is 0. The van der Waals surface area contributed by atoms with Gasteiger partial charge < -0.3 is 0 Å². The molecule has 0 aliphatic rings. The third-order valence-corrected chi connectivity index (χ3v) is 1.84. The Morgan fingerprint density at radius 2 is 2.11 bits per heavy atom. The zero-order chi connectivity index (χ0) is 7.49. The van der Waals surface area contributed by atoms with Crippen LogP contribution >= 0.6 is 22.6 Å². The largest absolute Gasteiger partial charge is 0.299 e. The summed E-state index contributed by atoms with van der Waals surface area (Å²) in [7, 11) is -3.86. The van der Waals surface area contributed by atoms with Crippen LogP contribution in [0.5, 0.6) is 0 Å². The van der Waals surface area contributed by atoms with Gasteiger partial charge in [-0.3, -0.25) is 9.96 Å². The van der Waals surface area contributed by atoms with Crippen LogP contribution in [0.25, 0.3) is 0 Å². The highest BCUT2D eigenvalue weighted by Crippen LogP contribution is 1.95. The molecule has 0 saturated heterocycles. The van der Waals surface area contributed by atoms with Crippen LogP contribution < -0.4 is 0 Å². The van der Waals surface area contributed by atoms with Crippen LogP contribution in [0.1, 0.15) is 6.42 Å². The molecule has 2 N–H and O–H groups in total. The fourth-order valence-corrected chi connectivity index (χ4v) is 1.32. The maximum Gasteiger partial charge on any atom is 0.265 e. The van der Waals surface area contributed by atoms with Crippen LogP contribution in [0, 0.1) is 5.41 Å². The third kappa shape index (κ3) is 8.31. The Morgan fingerprint density at radius 3 is 2.22 bits per heavy atom. The summed E-state index contributed by atoms with van der Waals surface area (Å²) >= 11 is 1.69. The van der Waals surface area contributed by atoms with Crippen molar-refractivity contribution >= 4 is 36.4 Å². The zero-order valence-electron chi connectivity index (χ0n) is 4.46. The summed E-state index contributed by atoms with van der Waals surface area (Å²) < 4.78 is 28.3. The van der Waals surface area contributed by atoms with Crippen molar-refractivity contribution < 1.29 is 13.0 Å². The second kappa shape index (κ2) is 3.47. The first kappa shape index (κ1) is 9.31. The van der Waals surface area contributed by atoms with Gasteiger partial charge in [-0.25, -0.2) is 0 Å². The van der Waals surface area contributed by atoms with Crippen LogP contribution in [0.4, 0.5) is 0 Å². The van der Waals surface area contributed by atoms with Gasteiger partial charge >= 0.3 is 0 Å². The molecule has 54 valence electrons. The van der Waals surface area contributed by atoms with Crippen LogP contribution in [0.3, 0.4) is 0 Å². The summed E-state index contributed by atoms with van der Waals surface area (Å²) in [5, 5.41) is 6.79. The molecule has 0 unspecified atom stereocenters. The minimum absolute atomic E-state index is 0.0966. The molecule has 6 heteroatoms. The number of hydrogen-bond acceptors (Lipinski definition) is 3. The van der Waals surface area contributed by atoms with Gasteiger partial charge in [-0.15, -0.1) is 0 Å². The van der Waals surface area contributed by atoms with E-state index in [0.717, 1.165) is 0 Å². The van der Waals surface area contributed by atoms with Gasteiger partial charge in [-0.05, 0) is 22.6 Å². The molecule has 0 radical (unpaired) electrons. The molecule has 0 amide bonds. The van der Waals surface area contributed by atoms with Crippen molar-refractivity contribution in [3.8, 4) is 0 Å². The molecule has 0 aromatic carbocycles. The van der Waals surface area contributed by atoms with Crippen LogP contribution in [0.2, 0.25) is 0 Å². The first-order valence-electron chi connectivity index (χ1n) is 2.10. The summed E-state index contributed by atoms with van der Waals surface area (Å²) in [6.07, 6.45) is 0.0966. The van der Waals surface area contributed by atoms with Crippen LogP contribution in [-0.2, 0) is 10.1 Å². The van der Waals surface area contributed by atoms with E-state index in [1.165, 1.54) is 0 Å². The first-order valence-corrected chi connectivity index (χ1v) is 4.79. The lowest BCUT2D eigenvalue weighted by Gasteiger charge is -1.91. The summed E-state index contributed by atoms with van der Waals surface area (Å²) in [5.74, 6) is -0.352. The topological polar surface area (TPSA) is 78.2 Å². The highest BCUT2D eigenvalue weighted by molar-refractivity contribution is 14.1. The SMILES string of the molecule is N=C(I)CCS(=O)(=O)O. The molecule has 0 aliphatic carbocycles. The highest BCUT2D eigenvalue weighted by atomic mass is 127. The number of hydrogen-bond donors (Lipinski definition) is 2. The molecule has 0 aromatic heterocycles. The number of rotatable bonds is 3. The maximum atomic E-state index is 9.99. The molecule has 0 rings (SSSR count). The Morgan fingerprint density at radius 1 is 1.67 bits per heavy atom. The number of nitrogens with one attached hydrogen (secondary N) is 1. The molecule has 9 heavy (non-hydrogen) atoms. The van der Waals surface area contributed by atoms with Crippen LogP contribution in [0.15, 0.2) is 0 Å². The lowest BCUT2D eigenvalue weighted by Crippen LogP contribution is -2.05. The standard InChI is InChI=1S/C3H6INO3S/c4-3(5)1-2-9(6,7)8/h5H,1-2H2,(H,6,7,8). The minimum atomic E-state index is -3.86. The molecular weight excluding hydrogens is 257 g/mol. The van der Waals surface area contributed by atoms with E-state index in [-0.39, 0.29) is 15.9 Å². The Labute approximate surface area is 67.0 Å². The Hall–Kier alpha value is 0.310. The van der Waals surface area contributed by atoms with Gasteiger partial charge in [0.15, 0.2) is 0 Å². The fourth-order valence-electron chi connectivity index (χ4n) is 0.219. The molecule has 0 spiro atoms. The summed E-state index contributed by atoms with van der Waals surface area (Å²) in [6, 6.07) is 0. The van der Waals surface area contributed by atoms with Crippen molar-refractivity contribution in [3.63, 3.8) is 0 Å². The monoisotopic (exact) mass is 263 g/mol. The van der Waals surface area contributed by atoms with Gasteiger partial charge in [0.25, 0.3) is 10.1 Å². The summed E-state index contributed by atoms with van der Waals surface area (Å²) in [5.41, 5.74) is 0. The molecule has 0 aromatic rings. The van der Waals surface area contributed by atoms with Gasteiger partial charge in [0, 0.05) is 6.42 Å². The van der Waals surface area contributed by atoms with E-state index < -0.39 is 10.1 Å². The van der Waals surface area contributed by atoms with Crippen LogP contribution in [-0.4, -0.2) is 22.4 Å². The average molecular weight is 263 g/mol. The van der Waals surface area contributed by atoms with Crippen molar-refractivity contribution in [2.75, 3.05) is 5.75 Å². The molecule has 0 fully saturated rings. The van der Waals surface area contributed by atoms with Crippen molar-refractivity contribution in [2.45, 2.75) is 6.42 Å². The van der Waals surface area contributed by atoms with Crippen molar-refractivity contribution in [2.24, 2.45) is 0 Å². The lowest BCUT2D eigenvalue weighted by molar-refractivity contribution is 0.483. The van der Waals surface area contributed by atoms with Crippen molar-refractivity contribution in [1.82, 2.24) is 0 Å². The molecule has 0 bridgehead atoms. The molecule has 0 saturated carbocycles. The smallest absolute Gasteiger partial charge is 0.265 e. The summed E-state index contributed by atoms with van der Waals surface area (Å²) in [6.45, 7) is 0. The van der Waals surface area contributed by atoms with E-state index in [9.17, 15) is 8.42 Å². The quantitative estimate of drug-likeness (QED) is 0.446. The second-order valence-electron chi connectivity index (χ2n) is 1.44. The predicted octanol–water partition coefficient (Wildman–Crippen LogP) is 0.677. The van der Waals surface area contributed by atoms with Crippen molar-refractivity contribution in [1.29, 1.82) is 5.41 Å². The average Bonchev–Trinajstić information content (AvgIpc) is 1.59. The third-order valence-electron chi connectivity index (χ3n) is 0.580.